The summed E-state index contributed by atoms with van der Waals surface area (Å²) in [7, 11) is 0. The Morgan fingerprint density at radius 3 is 2.86 bits per heavy atom. The van der Waals surface area contributed by atoms with Crippen molar-refractivity contribution in [2.75, 3.05) is 5.75 Å². The van der Waals surface area contributed by atoms with E-state index in [2.05, 4.69) is 38.1 Å². The minimum absolute atomic E-state index is 0.0271. The molecule has 0 spiro atoms. The molecule has 0 aromatic heterocycles. The van der Waals surface area contributed by atoms with E-state index >= 15 is 0 Å². The average molecular weight is 203 g/mol. The molecular formula is C12H13NS. The molecule has 1 atom stereocenters. The summed E-state index contributed by atoms with van der Waals surface area (Å²) in [5.41, 5.74) is 2.75. The van der Waals surface area contributed by atoms with Crippen molar-refractivity contribution in [3.63, 3.8) is 0 Å². The fraction of sp³-hybridized carbons (Fsp3) is 0.417. The van der Waals surface area contributed by atoms with E-state index in [4.69, 9.17) is 5.26 Å². The molecule has 0 fully saturated rings. The van der Waals surface area contributed by atoms with Crippen LogP contribution in [0.5, 0.6) is 0 Å². The number of nitrogens with zero attached hydrogens (tertiary/aromatic N) is 1. The van der Waals surface area contributed by atoms with Gasteiger partial charge in [0.15, 0.2) is 0 Å². The third kappa shape index (κ3) is 1.42. The van der Waals surface area contributed by atoms with Gasteiger partial charge in [0.05, 0.1) is 6.07 Å². The summed E-state index contributed by atoms with van der Waals surface area (Å²) in [5.74, 6) is 1.03. The molecule has 14 heavy (non-hydrogen) atoms. The van der Waals surface area contributed by atoms with Crippen LogP contribution >= 0.6 is 11.8 Å². The molecule has 0 radical (unpaired) electrons. The Kier molecular flexibility index (Phi) is 2.28. The SMILES string of the molecule is CC1(C)CSC(C#N)c2ccccc21. The van der Waals surface area contributed by atoms with Crippen LogP contribution in [-0.2, 0) is 5.41 Å². The second kappa shape index (κ2) is 3.33. The van der Waals surface area contributed by atoms with Gasteiger partial charge in [-0.3, -0.25) is 0 Å². The minimum atomic E-state index is 0.0271. The van der Waals surface area contributed by atoms with Crippen LogP contribution in [0.3, 0.4) is 0 Å². The Hall–Kier alpha value is -0.940. The van der Waals surface area contributed by atoms with Gasteiger partial charge in [-0.1, -0.05) is 38.1 Å². The van der Waals surface area contributed by atoms with Crippen LogP contribution < -0.4 is 0 Å². The van der Waals surface area contributed by atoms with Crippen molar-refractivity contribution in [1.82, 2.24) is 0 Å². The first-order chi connectivity index (χ1) is 6.65. The van der Waals surface area contributed by atoms with Crippen molar-refractivity contribution in [3.8, 4) is 6.07 Å². The highest BCUT2D eigenvalue weighted by molar-refractivity contribution is 7.99. The zero-order chi connectivity index (χ0) is 10.2. The molecule has 1 nitrogen and oxygen atoms in total. The third-order valence-corrected chi connectivity index (χ3v) is 4.28. The summed E-state index contributed by atoms with van der Waals surface area (Å²) in [6, 6.07) is 10.7. The predicted octanol–water partition coefficient (Wildman–Crippen LogP) is 3.28. The van der Waals surface area contributed by atoms with Crippen molar-refractivity contribution >= 4 is 11.8 Å². The van der Waals surface area contributed by atoms with Gasteiger partial charge in [-0.25, -0.2) is 0 Å². The third-order valence-electron chi connectivity index (χ3n) is 2.70. The van der Waals surface area contributed by atoms with Gasteiger partial charge < -0.3 is 0 Å². The summed E-state index contributed by atoms with van der Waals surface area (Å²) < 4.78 is 0. The van der Waals surface area contributed by atoms with Crippen molar-refractivity contribution in [2.24, 2.45) is 0 Å². The maximum absolute atomic E-state index is 9.04. The lowest BCUT2D eigenvalue weighted by Gasteiger charge is -2.34. The smallest absolute Gasteiger partial charge is 0.117 e. The second-order valence-corrected chi connectivity index (χ2v) is 5.38. The Bertz CT molecular complexity index is 390. The molecular weight excluding hydrogens is 190 g/mol. The number of fused-ring (bicyclic) bond motifs is 1. The normalized spacial score (nSPS) is 23.6. The molecule has 1 aliphatic heterocycles. The van der Waals surface area contributed by atoms with Crippen molar-refractivity contribution < 1.29 is 0 Å². The highest BCUT2D eigenvalue weighted by Crippen LogP contribution is 2.44. The van der Waals surface area contributed by atoms with Crippen molar-refractivity contribution in [3.05, 3.63) is 35.4 Å². The number of nitriles is 1. The van der Waals surface area contributed by atoms with Crippen LogP contribution in [0.25, 0.3) is 0 Å². The predicted molar refractivity (Wildman–Crippen MR) is 60.3 cm³/mol. The van der Waals surface area contributed by atoms with E-state index in [1.165, 1.54) is 11.1 Å². The molecule has 1 aliphatic rings. The fourth-order valence-electron chi connectivity index (χ4n) is 1.91. The molecule has 1 aromatic carbocycles. The van der Waals surface area contributed by atoms with Gasteiger partial charge in [0, 0.05) is 5.75 Å². The Morgan fingerprint density at radius 1 is 1.43 bits per heavy atom. The maximum atomic E-state index is 9.04. The number of hydrogen-bond acceptors (Lipinski definition) is 2. The van der Waals surface area contributed by atoms with Crippen LogP contribution in [0.15, 0.2) is 24.3 Å². The van der Waals surface area contributed by atoms with Gasteiger partial charge >= 0.3 is 0 Å². The Morgan fingerprint density at radius 2 is 2.14 bits per heavy atom. The van der Waals surface area contributed by atoms with Crippen LogP contribution in [0.2, 0.25) is 0 Å². The van der Waals surface area contributed by atoms with E-state index in [0.29, 0.717) is 0 Å². The topological polar surface area (TPSA) is 23.8 Å². The quantitative estimate of drug-likeness (QED) is 0.646. The van der Waals surface area contributed by atoms with Crippen molar-refractivity contribution in [1.29, 1.82) is 5.26 Å². The number of rotatable bonds is 0. The first-order valence-electron chi connectivity index (χ1n) is 4.76. The molecule has 0 amide bonds. The summed E-state index contributed by atoms with van der Waals surface area (Å²) in [6.45, 7) is 4.48. The van der Waals surface area contributed by atoms with E-state index < -0.39 is 0 Å². The lowest BCUT2D eigenvalue weighted by Crippen LogP contribution is -2.27. The highest BCUT2D eigenvalue weighted by atomic mass is 32.2. The van der Waals surface area contributed by atoms with Gasteiger partial charge in [0.1, 0.15) is 5.25 Å². The first-order valence-corrected chi connectivity index (χ1v) is 5.80. The van der Waals surface area contributed by atoms with E-state index in [1.54, 1.807) is 11.8 Å². The number of hydrogen-bond donors (Lipinski definition) is 0. The molecule has 1 heterocycles. The summed E-state index contributed by atoms with van der Waals surface area (Å²) in [4.78, 5) is 0. The van der Waals surface area contributed by atoms with Gasteiger partial charge in [0.2, 0.25) is 0 Å². The Labute approximate surface area is 89.1 Å². The largest absolute Gasteiger partial charge is 0.197 e. The molecule has 2 heteroatoms. The second-order valence-electron chi connectivity index (χ2n) is 4.29. The average Bonchev–Trinajstić information content (AvgIpc) is 2.18. The van der Waals surface area contributed by atoms with Crippen LogP contribution in [-0.4, -0.2) is 5.75 Å². The van der Waals surface area contributed by atoms with E-state index in [0.717, 1.165) is 5.75 Å². The summed E-state index contributed by atoms with van der Waals surface area (Å²) in [5, 5.41) is 9.06. The summed E-state index contributed by atoms with van der Waals surface area (Å²) >= 11 is 1.75. The number of benzene rings is 1. The molecule has 0 aliphatic carbocycles. The Balaban J connectivity index is 2.56. The molecule has 0 saturated carbocycles. The fourth-order valence-corrected chi connectivity index (χ4v) is 3.11. The van der Waals surface area contributed by atoms with Gasteiger partial charge in [-0.2, -0.15) is 5.26 Å². The molecule has 2 rings (SSSR count). The zero-order valence-corrected chi connectivity index (χ0v) is 9.27. The lowest BCUT2D eigenvalue weighted by atomic mass is 9.82. The molecule has 1 unspecified atom stereocenters. The van der Waals surface area contributed by atoms with Crippen LogP contribution in [0.1, 0.15) is 30.2 Å². The van der Waals surface area contributed by atoms with E-state index in [1.807, 2.05) is 6.07 Å². The minimum Gasteiger partial charge on any atom is -0.197 e. The number of thioether (sulfide) groups is 1. The van der Waals surface area contributed by atoms with Gasteiger partial charge in [-0.15, -0.1) is 11.8 Å². The van der Waals surface area contributed by atoms with E-state index in [-0.39, 0.29) is 10.7 Å². The van der Waals surface area contributed by atoms with Crippen molar-refractivity contribution in [2.45, 2.75) is 24.5 Å². The first kappa shape index (κ1) is 9.61. The molecule has 0 N–H and O–H groups in total. The van der Waals surface area contributed by atoms with Crippen LogP contribution in [0, 0.1) is 11.3 Å². The molecule has 72 valence electrons. The van der Waals surface area contributed by atoms with E-state index in [9.17, 15) is 0 Å². The summed E-state index contributed by atoms with van der Waals surface area (Å²) in [6.07, 6.45) is 0. The zero-order valence-electron chi connectivity index (χ0n) is 8.45. The van der Waals surface area contributed by atoms with Crippen LogP contribution in [0.4, 0.5) is 0 Å². The lowest BCUT2D eigenvalue weighted by molar-refractivity contribution is 0.587. The maximum Gasteiger partial charge on any atom is 0.117 e. The molecule has 0 bridgehead atoms. The highest BCUT2D eigenvalue weighted by Gasteiger charge is 2.32. The molecule has 1 aromatic rings. The monoisotopic (exact) mass is 203 g/mol. The van der Waals surface area contributed by atoms with Gasteiger partial charge in [-0.05, 0) is 16.5 Å². The molecule has 0 saturated heterocycles. The van der Waals surface area contributed by atoms with Gasteiger partial charge in [0.25, 0.3) is 0 Å². The standard InChI is InChI=1S/C12H13NS/c1-12(2)8-14-11(7-13)9-5-3-4-6-10(9)12/h3-6,11H,8H2,1-2H3.